The van der Waals surface area contributed by atoms with Gasteiger partial charge in [0.1, 0.15) is 12.6 Å². The number of hydrogen-bond acceptors (Lipinski definition) is 4. The van der Waals surface area contributed by atoms with E-state index in [4.69, 9.17) is 4.74 Å². The van der Waals surface area contributed by atoms with Gasteiger partial charge >= 0.3 is 5.97 Å². The molecule has 7 heteroatoms. The summed E-state index contributed by atoms with van der Waals surface area (Å²) in [4.78, 5) is 31.4. The molecule has 1 atom stereocenters. The van der Waals surface area contributed by atoms with Crippen molar-refractivity contribution in [1.29, 1.82) is 0 Å². The van der Waals surface area contributed by atoms with Gasteiger partial charge in [0.25, 0.3) is 0 Å². The van der Waals surface area contributed by atoms with Crippen molar-refractivity contribution >= 4 is 11.9 Å². The molecule has 1 aromatic rings. The number of nitrogens with zero attached hydrogens (tertiary/aromatic N) is 2. The number of carbonyl (C=O) groups is 2. The van der Waals surface area contributed by atoms with Gasteiger partial charge in [-0.2, -0.15) is 0 Å². The van der Waals surface area contributed by atoms with Gasteiger partial charge in [0.15, 0.2) is 0 Å². The number of rotatable bonds is 4. The number of H-pyrrole nitrogens is 1. The molecule has 0 radical (unpaired) electrons. The van der Waals surface area contributed by atoms with E-state index < -0.39 is 12.0 Å². The van der Waals surface area contributed by atoms with Crippen LogP contribution in [-0.2, 0) is 27.3 Å². The van der Waals surface area contributed by atoms with Crippen molar-refractivity contribution in [2.75, 3.05) is 13.2 Å². The van der Waals surface area contributed by atoms with Crippen LogP contribution >= 0.6 is 0 Å². The lowest BCUT2D eigenvalue weighted by Crippen LogP contribution is -2.49. The average Bonchev–Trinajstić information content (AvgIpc) is 2.81. The summed E-state index contributed by atoms with van der Waals surface area (Å²) in [6.45, 7) is 2.35. The summed E-state index contributed by atoms with van der Waals surface area (Å²) in [6.07, 6.45) is 1.74. The monoisotopic (exact) mass is 253 g/mol. The van der Waals surface area contributed by atoms with E-state index in [0.717, 1.165) is 5.69 Å². The number of hydrogen-bond donors (Lipinski definition) is 2. The Hall–Kier alpha value is -1.89. The van der Waals surface area contributed by atoms with Gasteiger partial charge in [-0.25, -0.2) is 9.78 Å². The molecule has 0 aromatic carbocycles. The van der Waals surface area contributed by atoms with Crippen LogP contribution in [0.2, 0.25) is 0 Å². The number of ether oxygens (including phenoxy) is 1. The van der Waals surface area contributed by atoms with E-state index in [1.165, 1.54) is 11.2 Å². The molecule has 18 heavy (non-hydrogen) atoms. The molecule has 0 aliphatic carbocycles. The van der Waals surface area contributed by atoms with Crippen LogP contribution in [0, 0.1) is 0 Å². The fourth-order valence-corrected chi connectivity index (χ4v) is 1.99. The standard InChI is InChI=1S/C11H15N3O4/c1-2-18-5-10(15)14-4-8-7(12-6-13-8)3-9(14)11(16)17/h6,9H,2-5H2,1H3,(H,12,13)(H,16,17). The van der Waals surface area contributed by atoms with Gasteiger partial charge in [-0.3, -0.25) is 4.79 Å². The highest BCUT2D eigenvalue weighted by atomic mass is 16.5. The number of carboxylic acid groups (broad SMARTS) is 1. The summed E-state index contributed by atoms with van der Waals surface area (Å²) in [5.74, 6) is -1.34. The Morgan fingerprint density at radius 1 is 1.67 bits per heavy atom. The number of fused-ring (bicyclic) bond motifs is 1. The molecule has 0 saturated carbocycles. The fraction of sp³-hybridized carbons (Fsp3) is 0.545. The van der Waals surface area contributed by atoms with Crippen LogP contribution in [0.3, 0.4) is 0 Å². The minimum Gasteiger partial charge on any atom is -0.480 e. The van der Waals surface area contributed by atoms with Gasteiger partial charge in [0.05, 0.1) is 24.3 Å². The lowest BCUT2D eigenvalue weighted by Gasteiger charge is -2.32. The van der Waals surface area contributed by atoms with Gasteiger partial charge in [-0.15, -0.1) is 0 Å². The van der Waals surface area contributed by atoms with E-state index in [1.807, 2.05) is 0 Å². The number of carboxylic acids is 1. The molecule has 98 valence electrons. The van der Waals surface area contributed by atoms with Crippen molar-refractivity contribution in [3.8, 4) is 0 Å². The third-order valence-corrected chi connectivity index (χ3v) is 2.93. The van der Waals surface area contributed by atoms with Gasteiger partial charge in [0.2, 0.25) is 5.91 Å². The fourth-order valence-electron chi connectivity index (χ4n) is 1.99. The van der Waals surface area contributed by atoms with Crippen LogP contribution < -0.4 is 0 Å². The van der Waals surface area contributed by atoms with Crippen LogP contribution in [0.5, 0.6) is 0 Å². The first-order valence-corrected chi connectivity index (χ1v) is 5.74. The molecule has 1 unspecified atom stereocenters. The Morgan fingerprint density at radius 3 is 3.11 bits per heavy atom. The third kappa shape index (κ3) is 2.35. The summed E-state index contributed by atoms with van der Waals surface area (Å²) in [7, 11) is 0. The zero-order valence-corrected chi connectivity index (χ0v) is 10.0. The topological polar surface area (TPSA) is 95.5 Å². The number of carbonyl (C=O) groups excluding carboxylic acids is 1. The van der Waals surface area contributed by atoms with Crippen LogP contribution in [0.4, 0.5) is 0 Å². The van der Waals surface area contributed by atoms with E-state index in [9.17, 15) is 14.7 Å². The highest BCUT2D eigenvalue weighted by Gasteiger charge is 2.35. The molecule has 0 saturated heterocycles. The molecule has 1 aromatic heterocycles. The van der Waals surface area contributed by atoms with Crippen molar-refractivity contribution in [2.24, 2.45) is 0 Å². The molecule has 1 amide bonds. The van der Waals surface area contributed by atoms with E-state index in [1.54, 1.807) is 6.92 Å². The quantitative estimate of drug-likeness (QED) is 0.773. The lowest BCUT2D eigenvalue weighted by atomic mass is 10.0. The molecule has 0 spiro atoms. The van der Waals surface area contributed by atoms with Gasteiger partial charge in [-0.1, -0.05) is 0 Å². The van der Waals surface area contributed by atoms with E-state index >= 15 is 0 Å². The first kappa shape index (κ1) is 12.6. The summed E-state index contributed by atoms with van der Waals surface area (Å²) in [6, 6.07) is -0.867. The van der Waals surface area contributed by atoms with Crippen LogP contribution in [-0.4, -0.2) is 51.1 Å². The third-order valence-electron chi connectivity index (χ3n) is 2.93. The minimum absolute atomic E-state index is 0.0935. The summed E-state index contributed by atoms with van der Waals surface area (Å²) >= 11 is 0. The van der Waals surface area contributed by atoms with Crippen molar-refractivity contribution in [3.05, 3.63) is 17.7 Å². The molecular weight excluding hydrogens is 238 g/mol. The maximum Gasteiger partial charge on any atom is 0.326 e. The molecule has 0 fully saturated rings. The Balaban J connectivity index is 2.17. The minimum atomic E-state index is -1.02. The maximum atomic E-state index is 11.9. The molecule has 2 N–H and O–H groups in total. The SMILES string of the molecule is CCOCC(=O)N1Cc2[nH]cnc2CC1C(=O)O. The van der Waals surface area contributed by atoms with Gasteiger partial charge in [0, 0.05) is 13.0 Å². The highest BCUT2D eigenvalue weighted by Crippen LogP contribution is 2.20. The first-order chi connectivity index (χ1) is 8.63. The molecule has 2 rings (SSSR count). The average molecular weight is 253 g/mol. The van der Waals surface area contributed by atoms with Crippen LogP contribution in [0.25, 0.3) is 0 Å². The van der Waals surface area contributed by atoms with Crippen molar-refractivity contribution in [1.82, 2.24) is 14.9 Å². The van der Waals surface area contributed by atoms with Crippen LogP contribution in [0.1, 0.15) is 18.3 Å². The summed E-state index contributed by atoms with van der Waals surface area (Å²) < 4.78 is 5.04. The second-order valence-corrected chi connectivity index (χ2v) is 4.04. The second-order valence-electron chi connectivity index (χ2n) is 4.04. The molecule has 2 heterocycles. The first-order valence-electron chi connectivity index (χ1n) is 5.74. The predicted molar refractivity (Wildman–Crippen MR) is 60.8 cm³/mol. The zero-order chi connectivity index (χ0) is 13.1. The maximum absolute atomic E-state index is 11.9. The van der Waals surface area contributed by atoms with Crippen molar-refractivity contribution < 1.29 is 19.4 Å². The van der Waals surface area contributed by atoms with Crippen molar-refractivity contribution in [3.63, 3.8) is 0 Å². The molecule has 1 aliphatic rings. The predicted octanol–water partition coefficient (Wildman–Crippen LogP) is -0.216. The highest BCUT2D eigenvalue weighted by molar-refractivity contribution is 5.85. The number of imidazole rings is 1. The molecule has 0 bridgehead atoms. The number of nitrogens with one attached hydrogen (secondary N) is 1. The number of aromatic amines is 1. The summed E-state index contributed by atoms with van der Waals surface area (Å²) in [5, 5.41) is 9.17. The van der Waals surface area contributed by atoms with E-state index in [-0.39, 0.29) is 25.5 Å². The number of aromatic nitrogens is 2. The molecular formula is C11H15N3O4. The number of amides is 1. The van der Waals surface area contributed by atoms with Crippen LogP contribution in [0.15, 0.2) is 6.33 Å². The Morgan fingerprint density at radius 2 is 2.44 bits per heavy atom. The number of aliphatic carboxylic acids is 1. The second kappa shape index (κ2) is 5.18. The van der Waals surface area contributed by atoms with Gasteiger partial charge < -0.3 is 19.7 Å². The van der Waals surface area contributed by atoms with Gasteiger partial charge in [-0.05, 0) is 6.92 Å². The smallest absolute Gasteiger partial charge is 0.326 e. The largest absolute Gasteiger partial charge is 0.480 e. The molecule has 7 nitrogen and oxygen atoms in total. The normalized spacial score (nSPS) is 18.5. The lowest BCUT2D eigenvalue weighted by molar-refractivity contribution is -0.153. The Labute approximate surface area is 104 Å². The summed E-state index contributed by atoms with van der Waals surface area (Å²) in [5.41, 5.74) is 1.50. The van der Waals surface area contributed by atoms with E-state index in [0.29, 0.717) is 12.3 Å². The molecule has 1 aliphatic heterocycles. The Bertz CT molecular complexity index is 457. The van der Waals surface area contributed by atoms with E-state index in [2.05, 4.69) is 9.97 Å². The Kier molecular flexibility index (Phi) is 3.61. The van der Waals surface area contributed by atoms with Crippen molar-refractivity contribution in [2.45, 2.75) is 25.9 Å². The zero-order valence-electron chi connectivity index (χ0n) is 10.0.